The van der Waals surface area contributed by atoms with Crippen LogP contribution >= 0.6 is 11.6 Å². The highest BCUT2D eigenvalue weighted by Gasteiger charge is 2.34. The van der Waals surface area contributed by atoms with Crippen molar-refractivity contribution in [2.24, 2.45) is 0 Å². The molecule has 1 saturated carbocycles. The molecule has 1 aliphatic rings. The molecule has 102 valence electrons. The van der Waals surface area contributed by atoms with Gasteiger partial charge < -0.3 is 0 Å². The van der Waals surface area contributed by atoms with E-state index in [0.29, 0.717) is 5.56 Å². The summed E-state index contributed by atoms with van der Waals surface area (Å²) >= 11 is 5.95. The summed E-state index contributed by atoms with van der Waals surface area (Å²) in [4.78, 5) is 0.0290. The zero-order chi connectivity index (χ0) is 14.1. The monoisotopic (exact) mass is 298 g/mol. The summed E-state index contributed by atoms with van der Waals surface area (Å²) in [5, 5.41) is 8.83. The molecule has 1 N–H and O–H groups in total. The first-order valence-corrected chi connectivity index (χ1v) is 7.96. The topological polar surface area (TPSA) is 70.0 Å². The Kier molecular flexibility index (Phi) is 3.86. The maximum atomic E-state index is 12.3. The summed E-state index contributed by atoms with van der Waals surface area (Å²) in [5.74, 6) is 0. The van der Waals surface area contributed by atoms with E-state index in [4.69, 9.17) is 16.9 Å². The largest absolute Gasteiger partial charge is 0.242 e. The van der Waals surface area contributed by atoms with Gasteiger partial charge in [0, 0.05) is 5.54 Å². The van der Waals surface area contributed by atoms with Gasteiger partial charge in [-0.25, -0.2) is 13.1 Å². The summed E-state index contributed by atoms with van der Waals surface area (Å²) in [5.41, 5.74) is -0.0493. The maximum Gasteiger partial charge on any atom is 0.242 e. The lowest BCUT2D eigenvalue weighted by molar-refractivity contribution is 0.427. The number of halogens is 1. The van der Waals surface area contributed by atoms with Crippen LogP contribution in [0.4, 0.5) is 0 Å². The Bertz CT molecular complexity index is 629. The minimum Gasteiger partial charge on any atom is -0.207 e. The van der Waals surface area contributed by atoms with Crippen molar-refractivity contribution < 1.29 is 8.42 Å². The van der Waals surface area contributed by atoms with Gasteiger partial charge in [0.15, 0.2) is 0 Å². The van der Waals surface area contributed by atoms with E-state index in [2.05, 4.69) is 4.72 Å². The first-order chi connectivity index (χ1) is 8.86. The van der Waals surface area contributed by atoms with E-state index >= 15 is 0 Å². The number of nitriles is 1. The Morgan fingerprint density at radius 1 is 1.37 bits per heavy atom. The fourth-order valence-corrected chi connectivity index (χ4v) is 4.44. The molecule has 0 unspecified atom stereocenters. The molecule has 1 aromatic carbocycles. The molecule has 2 rings (SSSR count). The number of nitrogens with one attached hydrogen (secondary N) is 1. The van der Waals surface area contributed by atoms with E-state index in [1.807, 2.05) is 13.0 Å². The molecule has 6 heteroatoms. The summed E-state index contributed by atoms with van der Waals surface area (Å²) in [6.45, 7) is 1.91. The second-order valence-corrected chi connectivity index (χ2v) is 7.19. The van der Waals surface area contributed by atoms with Crippen LogP contribution in [0.3, 0.4) is 0 Å². The fourth-order valence-electron chi connectivity index (χ4n) is 2.43. The molecule has 0 aromatic heterocycles. The van der Waals surface area contributed by atoms with Crippen molar-refractivity contribution in [2.45, 2.75) is 43.0 Å². The molecule has 0 saturated heterocycles. The average Bonchev–Trinajstić information content (AvgIpc) is 2.74. The Labute approximate surface area is 118 Å². The van der Waals surface area contributed by atoms with Crippen LogP contribution in [0.5, 0.6) is 0 Å². The zero-order valence-corrected chi connectivity index (χ0v) is 12.2. The molecule has 0 amide bonds. The zero-order valence-electron chi connectivity index (χ0n) is 10.6. The third-order valence-corrected chi connectivity index (χ3v) is 5.56. The van der Waals surface area contributed by atoms with Crippen LogP contribution in [0.1, 0.15) is 38.2 Å². The van der Waals surface area contributed by atoms with Gasteiger partial charge in [-0.15, -0.1) is 0 Å². The van der Waals surface area contributed by atoms with Gasteiger partial charge in [0.25, 0.3) is 0 Å². The SMILES string of the molecule is CC1(NS(=O)(=O)c2ccc(C#N)cc2Cl)CCCC1. The van der Waals surface area contributed by atoms with Gasteiger partial charge in [0.05, 0.1) is 16.7 Å². The molecule has 0 aliphatic heterocycles. The predicted octanol–water partition coefficient (Wildman–Crippen LogP) is 2.82. The molecule has 0 atom stereocenters. The van der Waals surface area contributed by atoms with Gasteiger partial charge in [-0.2, -0.15) is 5.26 Å². The quantitative estimate of drug-likeness (QED) is 0.933. The Morgan fingerprint density at radius 2 is 2.00 bits per heavy atom. The standard InChI is InChI=1S/C13H15ClN2O2S/c1-13(6-2-3-7-13)16-19(17,18)12-5-4-10(9-15)8-11(12)14/h4-5,8,16H,2-3,6-7H2,1H3. The summed E-state index contributed by atoms with van der Waals surface area (Å²) in [6.07, 6.45) is 3.72. The van der Waals surface area contributed by atoms with E-state index in [-0.39, 0.29) is 9.92 Å². The highest BCUT2D eigenvalue weighted by Crippen LogP contribution is 2.32. The van der Waals surface area contributed by atoms with Crippen LogP contribution in [-0.4, -0.2) is 14.0 Å². The van der Waals surface area contributed by atoms with Crippen molar-refractivity contribution in [1.29, 1.82) is 5.26 Å². The minimum atomic E-state index is -3.65. The molecule has 1 fully saturated rings. The molecule has 0 heterocycles. The Balaban J connectivity index is 2.32. The van der Waals surface area contributed by atoms with Gasteiger partial charge >= 0.3 is 0 Å². The fraction of sp³-hybridized carbons (Fsp3) is 0.462. The van der Waals surface area contributed by atoms with Crippen LogP contribution in [0.2, 0.25) is 5.02 Å². The lowest BCUT2D eigenvalue weighted by atomic mass is 10.0. The second-order valence-electron chi connectivity index (χ2n) is 5.13. The third kappa shape index (κ3) is 3.08. The van der Waals surface area contributed by atoms with Crippen LogP contribution in [-0.2, 0) is 10.0 Å². The minimum absolute atomic E-state index is 0.0290. The maximum absolute atomic E-state index is 12.3. The van der Waals surface area contributed by atoms with Gasteiger partial charge in [-0.05, 0) is 38.0 Å². The molecule has 0 bridgehead atoms. The van der Waals surface area contributed by atoms with Crippen LogP contribution < -0.4 is 4.72 Å². The number of hydrogen-bond donors (Lipinski definition) is 1. The van der Waals surface area contributed by atoms with Crippen LogP contribution in [0.25, 0.3) is 0 Å². The highest BCUT2D eigenvalue weighted by molar-refractivity contribution is 7.89. The summed E-state index contributed by atoms with van der Waals surface area (Å²) < 4.78 is 27.4. The average molecular weight is 299 g/mol. The van der Waals surface area contributed by atoms with Crippen molar-refractivity contribution in [3.8, 4) is 6.07 Å². The smallest absolute Gasteiger partial charge is 0.207 e. The van der Waals surface area contributed by atoms with Crippen LogP contribution in [0, 0.1) is 11.3 Å². The molecule has 4 nitrogen and oxygen atoms in total. The Hall–Kier alpha value is -1.09. The van der Waals surface area contributed by atoms with E-state index in [0.717, 1.165) is 25.7 Å². The second kappa shape index (κ2) is 5.12. The summed E-state index contributed by atoms with van der Waals surface area (Å²) in [6, 6.07) is 6.13. The van der Waals surface area contributed by atoms with E-state index in [1.165, 1.54) is 18.2 Å². The molecule has 1 aromatic rings. The van der Waals surface area contributed by atoms with E-state index in [1.54, 1.807) is 0 Å². The Morgan fingerprint density at radius 3 is 2.53 bits per heavy atom. The lowest BCUT2D eigenvalue weighted by Crippen LogP contribution is -2.43. The molecular weight excluding hydrogens is 284 g/mol. The molecule has 0 radical (unpaired) electrons. The van der Waals surface area contributed by atoms with Gasteiger partial charge in [-0.3, -0.25) is 0 Å². The van der Waals surface area contributed by atoms with E-state index < -0.39 is 15.6 Å². The van der Waals surface area contributed by atoms with Crippen molar-refractivity contribution in [3.05, 3.63) is 28.8 Å². The third-order valence-electron chi connectivity index (χ3n) is 3.44. The number of nitrogens with zero attached hydrogens (tertiary/aromatic N) is 1. The highest BCUT2D eigenvalue weighted by atomic mass is 35.5. The normalized spacial score (nSPS) is 18.2. The van der Waals surface area contributed by atoms with Crippen molar-refractivity contribution >= 4 is 21.6 Å². The van der Waals surface area contributed by atoms with Crippen molar-refractivity contribution in [1.82, 2.24) is 4.72 Å². The molecule has 1 aliphatic carbocycles. The first kappa shape index (κ1) is 14.3. The number of benzene rings is 1. The molecule has 19 heavy (non-hydrogen) atoms. The van der Waals surface area contributed by atoms with E-state index in [9.17, 15) is 8.42 Å². The van der Waals surface area contributed by atoms with Gasteiger partial charge in [-0.1, -0.05) is 24.4 Å². The predicted molar refractivity (Wildman–Crippen MR) is 73.4 cm³/mol. The molecular formula is C13H15ClN2O2S. The summed E-state index contributed by atoms with van der Waals surface area (Å²) in [7, 11) is -3.65. The van der Waals surface area contributed by atoms with Crippen LogP contribution in [0.15, 0.2) is 23.1 Å². The first-order valence-electron chi connectivity index (χ1n) is 6.10. The van der Waals surface area contributed by atoms with Gasteiger partial charge in [0.1, 0.15) is 4.90 Å². The number of sulfonamides is 1. The number of rotatable bonds is 3. The van der Waals surface area contributed by atoms with Crippen molar-refractivity contribution in [2.75, 3.05) is 0 Å². The van der Waals surface area contributed by atoms with Crippen molar-refractivity contribution in [3.63, 3.8) is 0 Å². The lowest BCUT2D eigenvalue weighted by Gasteiger charge is -2.25. The number of hydrogen-bond acceptors (Lipinski definition) is 3. The van der Waals surface area contributed by atoms with Gasteiger partial charge in [0.2, 0.25) is 10.0 Å². The molecule has 0 spiro atoms.